The van der Waals surface area contributed by atoms with Crippen molar-refractivity contribution in [1.29, 1.82) is 0 Å². The molecule has 4 rings (SSSR count). The molecule has 2 aromatic rings. The number of rotatable bonds is 6. The zero-order valence-corrected chi connectivity index (χ0v) is 21.7. The molecule has 1 aliphatic carbocycles. The molecule has 1 aromatic heterocycles. The number of benzene rings is 1. The van der Waals surface area contributed by atoms with Crippen LogP contribution in [0.3, 0.4) is 0 Å². The minimum atomic E-state index is -0.945. The van der Waals surface area contributed by atoms with Crippen LogP contribution in [0.1, 0.15) is 45.1 Å². The van der Waals surface area contributed by atoms with E-state index in [0.29, 0.717) is 44.0 Å². The Morgan fingerprint density at radius 2 is 1.62 bits per heavy atom. The van der Waals surface area contributed by atoms with E-state index in [4.69, 9.17) is 11.5 Å². The van der Waals surface area contributed by atoms with E-state index in [0.717, 1.165) is 37.8 Å². The number of nitrogens with two attached hydrogens (primary N) is 2. The Balaban J connectivity index is 1.29. The molecule has 1 saturated carbocycles. The largest absolute Gasteiger partial charge is 0.354 e. The van der Waals surface area contributed by atoms with Crippen LogP contribution in [0.25, 0.3) is 5.69 Å². The summed E-state index contributed by atoms with van der Waals surface area (Å²) in [5.41, 5.74) is 12.3. The zero-order chi connectivity index (χ0) is 26.6. The fourth-order valence-electron chi connectivity index (χ4n) is 4.74. The van der Waals surface area contributed by atoms with Gasteiger partial charge in [0, 0.05) is 51.0 Å². The lowest BCUT2D eigenvalue weighted by Gasteiger charge is -2.37. The van der Waals surface area contributed by atoms with E-state index in [1.807, 2.05) is 24.3 Å². The molecular formula is C26H38N8O3. The minimum absolute atomic E-state index is 0.142. The van der Waals surface area contributed by atoms with E-state index in [-0.39, 0.29) is 17.8 Å². The van der Waals surface area contributed by atoms with Crippen LogP contribution in [-0.2, 0) is 11.3 Å². The summed E-state index contributed by atoms with van der Waals surface area (Å²) in [6.07, 6.45) is 5.93. The third-order valence-corrected chi connectivity index (χ3v) is 7.03. The summed E-state index contributed by atoms with van der Waals surface area (Å²) in [5.74, 6) is 0.0393. The smallest absolute Gasteiger partial charge is 0.338 e. The van der Waals surface area contributed by atoms with Gasteiger partial charge in [0.1, 0.15) is 5.82 Å². The molecule has 11 nitrogen and oxygen atoms in total. The lowest BCUT2D eigenvalue weighted by molar-refractivity contribution is -0.137. The lowest BCUT2D eigenvalue weighted by Crippen LogP contribution is -2.58. The second kappa shape index (κ2) is 11.4. The molecule has 0 atom stereocenters. The fourth-order valence-corrected chi connectivity index (χ4v) is 4.74. The molecule has 1 saturated heterocycles. The average Bonchev–Trinajstić information content (AvgIpc) is 2.88. The molecule has 1 aromatic carbocycles. The van der Waals surface area contributed by atoms with E-state index in [1.54, 1.807) is 35.9 Å². The third-order valence-electron chi connectivity index (χ3n) is 7.03. The number of amides is 3. The molecule has 0 unspecified atom stereocenters. The van der Waals surface area contributed by atoms with Gasteiger partial charge in [0.15, 0.2) is 0 Å². The van der Waals surface area contributed by atoms with Crippen molar-refractivity contribution in [2.45, 2.75) is 63.7 Å². The first-order valence-corrected chi connectivity index (χ1v) is 12.9. The van der Waals surface area contributed by atoms with Gasteiger partial charge in [-0.15, -0.1) is 0 Å². The first kappa shape index (κ1) is 26.8. The van der Waals surface area contributed by atoms with Crippen molar-refractivity contribution in [2.75, 3.05) is 31.5 Å². The van der Waals surface area contributed by atoms with E-state index in [9.17, 15) is 14.4 Å². The van der Waals surface area contributed by atoms with Crippen LogP contribution in [0.5, 0.6) is 0 Å². The highest BCUT2D eigenvalue weighted by Crippen LogP contribution is 2.18. The number of carbonyl (C=O) groups excluding carboxylic acids is 2. The quantitative estimate of drug-likeness (QED) is 0.453. The van der Waals surface area contributed by atoms with Crippen molar-refractivity contribution in [2.24, 2.45) is 11.5 Å². The summed E-state index contributed by atoms with van der Waals surface area (Å²) in [7, 11) is 0. The summed E-state index contributed by atoms with van der Waals surface area (Å²) in [5, 5.41) is 6.27. The highest BCUT2D eigenvalue weighted by molar-refractivity contribution is 5.89. The average molecular weight is 511 g/mol. The summed E-state index contributed by atoms with van der Waals surface area (Å²) in [6.45, 7) is 5.67. The maximum Gasteiger partial charge on any atom is 0.354 e. The Morgan fingerprint density at radius 3 is 2.22 bits per heavy atom. The van der Waals surface area contributed by atoms with Crippen LogP contribution < -0.4 is 27.8 Å². The number of piperazine rings is 1. The molecule has 0 spiro atoms. The van der Waals surface area contributed by atoms with Crippen LogP contribution in [-0.4, -0.2) is 75.1 Å². The standard InChI is InChI=1S/C26H38N8O3/c1-26(2,28)23(35)32-13-15-33(16-14-32)24(36)30-22-11-12-34(25(37)31-22)21-9-3-18(4-10-21)17-29-20-7-5-19(27)6-8-20/h3-4,9-12,19-20,29H,5-8,13-17,27-28H2,1-2H3,(H,30,31,36,37)/t19-,20-. The predicted molar refractivity (Wildman–Crippen MR) is 142 cm³/mol. The molecule has 3 amide bonds. The van der Waals surface area contributed by atoms with Gasteiger partial charge >= 0.3 is 11.7 Å². The summed E-state index contributed by atoms with van der Waals surface area (Å²) in [4.78, 5) is 44.9. The number of hydrogen-bond acceptors (Lipinski definition) is 7. The second-order valence-electron chi connectivity index (χ2n) is 10.6. The van der Waals surface area contributed by atoms with Gasteiger partial charge in [0.25, 0.3) is 0 Å². The molecule has 37 heavy (non-hydrogen) atoms. The molecule has 2 heterocycles. The number of nitrogens with one attached hydrogen (secondary N) is 2. The van der Waals surface area contributed by atoms with Gasteiger partial charge in [-0.25, -0.2) is 9.59 Å². The predicted octanol–water partition coefficient (Wildman–Crippen LogP) is 1.01. The Hall–Kier alpha value is -3.28. The molecule has 2 aliphatic rings. The van der Waals surface area contributed by atoms with E-state index in [2.05, 4.69) is 15.6 Å². The van der Waals surface area contributed by atoms with Crippen molar-refractivity contribution in [3.8, 4) is 5.69 Å². The minimum Gasteiger partial charge on any atom is -0.338 e. The van der Waals surface area contributed by atoms with Crippen LogP contribution >= 0.6 is 0 Å². The summed E-state index contributed by atoms with van der Waals surface area (Å²) >= 11 is 0. The molecule has 11 heteroatoms. The van der Waals surface area contributed by atoms with Gasteiger partial charge in [-0.05, 0) is 63.3 Å². The van der Waals surface area contributed by atoms with Crippen LogP contribution in [0.15, 0.2) is 41.3 Å². The molecule has 0 radical (unpaired) electrons. The number of carbonyl (C=O) groups is 2. The van der Waals surface area contributed by atoms with Crippen molar-refractivity contribution < 1.29 is 9.59 Å². The number of anilines is 1. The van der Waals surface area contributed by atoms with Gasteiger partial charge < -0.3 is 26.6 Å². The van der Waals surface area contributed by atoms with Crippen LogP contribution in [0.2, 0.25) is 0 Å². The van der Waals surface area contributed by atoms with Crippen molar-refractivity contribution in [1.82, 2.24) is 24.7 Å². The van der Waals surface area contributed by atoms with Crippen molar-refractivity contribution in [3.05, 3.63) is 52.6 Å². The topological polar surface area (TPSA) is 152 Å². The van der Waals surface area contributed by atoms with Crippen molar-refractivity contribution >= 4 is 17.8 Å². The SMILES string of the molecule is CC(C)(N)C(=O)N1CCN(C(=O)Nc2ccn(-c3ccc(CN[C@H]4CC[C@H](N)CC4)cc3)c(=O)n2)CC1. The van der Waals surface area contributed by atoms with Crippen molar-refractivity contribution in [3.63, 3.8) is 0 Å². The monoisotopic (exact) mass is 510 g/mol. The van der Waals surface area contributed by atoms with E-state index in [1.165, 1.54) is 4.57 Å². The van der Waals surface area contributed by atoms with Crippen LogP contribution in [0.4, 0.5) is 10.6 Å². The lowest BCUT2D eigenvalue weighted by atomic mass is 9.92. The molecule has 200 valence electrons. The molecule has 1 aliphatic heterocycles. The van der Waals surface area contributed by atoms with Gasteiger partial charge in [-0.3, -0.25) is 14.7 Å². The molecule has 6 N–H and O–H groups in total. The Labute approximate surface area is 217 Å². The maximum absolute atomic E-state index is 12.7. The first-order valence-electron chi connectivity index (χ1n) is 12.9. The number of aromatic nitrogens is 2. The van der Waals surface area contributed by atoms with Gasteiger partial charge in [0.05, 0.1) is 11.2 Å². The third kappa shape index (κ3) is 6.94. The van der Waals surface area contributed by atoms with Gasteiger partial charge in [-0.2, -0.15) is 4.98 Å². The van der Waals surface area contributed by atoms with Gasteiger partial charge in [0.2, 0.25) is 5.91 Å². The van der Waals surface area contributed by atoms with E-state index < -0.39 is 11.2 Å². The van der Waals surface area contributed by atoms with Gasteiger partial charge in [-0.1, -0.05) is 12.1 Å². The highest BCUT2D eigenvalue weighted by Gasteiger charge is 2.31. The highest BCUT2D eigenvalue weighted by atomic mass is 16.2. The first-order chi connectivity index (χ1) is 17.6. The van der Waals surface area contributed by atoms with E-state index >= 15 is 0 Å². The fraction of sp³-hybridized carbons (Fsp3) is 0.538. The Bertz CT molecular complexity index is 1140. The second-order valence-corrected chi connectivity index (χ2v) is 10.6. The number of urea groups is 1. The maximum atomic E-state index is 12.7. The number of hydrogen-bond donors (Lipinski definition) is 4. The Kier molecular flexibility index (Phi) is 8.25. The number of nitrogens with zero attached hydrogens (tertiary/aromatic N) is 4. The summed E-state index contributed by atoms with van der Waals surface area (Å²) in [6, 6.07) is 9.83. The molecule has 0 bridgehead atoms. The Morgan fingerprint density at radius 1 is 1.00 bits per heavy atom. The molecule has 2 fully saturated rings. The molecular weight excluding hydrogens is 472 g/mol. The zero-order valence-electron chi connectivity index (χ0n) is 21.7. The van der Waals surface area contributed by atoms with Crippen LogP contribution in [0, 0.1) is 0 Å². The summed E-state index contributed by atoms with van der Waals surface area (Å²) < 4.78 is 1.44. The normalized spacial score (nSPS) is 20.5.